The van der Waals surface area contributed by atoms with Crippen LogP contribution in [0, 0.1) is 13.8 Å². The highest BCUT2D eigenvalue weighted by Crippen LogP contribution is 2.35. The summed E-state index contributed by atoms with van der Waals surface area (Å²) in [4.78, 5) is 16.0. The molecule has 0 radical (unpaired) electrons. The molecule has 0 amide bonds. The molecule has 0 saturated heterocycles. The Hall–Kier alpha value is -3.40. The van der Waals surface area contributed by atoms with E-state index in [1.807, 2.05) is 29.8 Å². The summed E-state index contributed by atoms with van der Waals surface area (Å²) in [6.07, 6.45) is 0. The summed E-state index contributed by atoms with van der Waals surface area (Å²) < 4.78 is 2.02. The van der Waals surface area contributed by atoms with Crippen molar-refractivity contribution in [3.05, 3.63) is 77.4 Å². The zero-order valence-corrected chi connectivity index (χ0v) is 15.5. The fraction of sp³-hybridized carbons (Fsp3) is 0.130. The van der Waals surface area contributed by atoms with Gasteiger partial charge in [-0.05, 0) is 48.7 Å². The molecule has 1 heterocycles. The largest absolute Gasteiger partial charge is 0.478 e. The predicted octanol–water partition coefficient (Wildman–Crippen LogP) is 5.22. The SMILES string of the molecule is Cc1ccc(-c2ccccc2-c2nc3cc(C(=O)O)ccc3n2C)c(C)c1. The average molecular weight is 356 g/mol. The molecule has 4 aromatic rings. The smallest absolute Gasteiger partial charge is 0.335 e. The van der Waals surface area contributed by atoms with Crippen molar-refractivity contribution in [3.63, 3.8) is 0 Å². The highest BCUT2D eigenvalue weighted by molar-refractivity contribution is 5.94. The molecular weight excluding hydrogens is 336 g/mol. The zero-order chi connectivity index (χ0) is 19.1. The summed E-state index contributed by atoms with van der Waals surface area (Å²) in [5.41, 5.74) is 7.61. The minimum Gasteiger partial charge on any atom is -0.478 e. The maximum absolute atomic E-state index is 11.3. The molecule has 0 unspecified atom stereocenters. The molecular formula is C23H20N2O2. The number of nitrogens with zero attached hydrogens (tertiary/aromatic N) is 2. The molecule has 1 aromatic heterocycles. The predicted molar refractivity (Wildman–Crippen MR) is 108 cm³/mol. The third-order valence-corrected chi connectivity index (χ3v) is 4.97. The van der Waals surface area contributed by atoms with Gasteiger partial charge in [0, 0.05) is 12.6 Å². The Morgan fingerprint density at radius 1 is 0.926 bits per heavy atom. The monoisotopic (exact) mass is 356 g/mol. The van der Waals surface area contributed by atoms with Crippen molar-refractivity contribution in [2.24, 2.45) is 7.05 Å². The van der Waals surface area contributed by atoms with E-state index in [4.69, 9.17) is 4.98 Å². The Morgan fingerprint density at radius 3 is 2.37 bits per heavy atom. The maximum atomic E-state index is 11.3. The van der Waals surface area contributed by atoms with E-state index in [0.29, 0.717) is 5.52 Å². The van der Waals surface area contributed by atoms with E-state index in [1.54, 1.807) is 12.1 Å². The second-order valence-corrected chi connectivity index (χ2v) is 6.87. The van der Waals surface area contributed by atoms with Gasteiger partial charge < -0.3 is 9.67 Å². The van der Waals surface area contributed by atoms with Gasteiger partial charge in [0.25, 0.3) is 0 Å². The third kappa shape index (κ3) is 2.89. The number of benzene rings is 3. The molecule has 0 spiro atoms. The fourth-order valence-corrected chi connectivity index (χ4v) is 3.60. The van der Waals surface area contributed by atoms with E-state index in [2.05, 4.69) is 44.2 Å². The summed E-state index contributed by atoms with van der Waals surface area (Å²) in [5.74, 6) is -0.122. The van der Waals surface area contributed by atoms with Gasteiger partial charge in [0.15, 0.2) is 0 Å². The van der Waals surface area contributed by atoms with E-state index < -0.39 is 5.97 Å². The Kier molecular flexibility index (Phi) is 4.04. The normalized spacial score (nSPS) is 11.1. The molecule has 1 N–H and O–H groups in total. The number of aryl methyl sites for hydroxylation is 3. The molecule has 0 aliphatic heterocycles. The van der Waals surface area contributed by atoms with Crippen molar-refractivity contribution in [3.8, 4) is 22.5 Å². The van der Waals surface area contributed by atoms with Crippen molar-refractivity contribution in [2.45, 2.75) is 13.8 Å². The number of fused-ring (bicyclic) bond motifs is 1. The van der Waals surface area contributed by atoms with Gasteiger partial charge in [-0.3, -0.25) is 0 Å². The van der Waals surface area contributed by atoms with Crippen molar-refractivity contribution in [1.29, 1.82) is 0 Å². The van der Waals surface area contributed by atoms with Crippen LogP contribution in [0.4, 0.5) is 0 Å². The standard InChI is InChI=1S/C23H20N2O2/c1-14-8-10-17(15(2)12-14)18-6-4-5-7-19(18)22-24-20-13-16(23(26)27)9-11-21(20)25(22)3/h4-13H,1-3H3,(H,26,27). The van der Waals surface area contributed by atoms with Crippen LogP contribution in [-0.2, 0) is 7.05 Å². The lowest BCUT2D eigenvalue weighted by molar-refractivity contribution is 0.0697. The first-order chi connectivity index (χ1) is 13.0. The van der Waals surface area contributed by atoms with Crippen LogP contribution in [0.1, 0.15) is 21.5 Å². The zero-order valence-electron chi connectivity index (χ0n) is 15.5. The van der Waals surface area contributed by atoms with Gasteiger partial charge in [0.05, 0.1) is 16.6 Å². The van der Waals surface area contributed by atoms with Crippen molar-refractivity contribution in [1.82, 2.24) is 9.55 Å². The summed E-state index contributed by atoms with van der Waals surface area (Å²) in [6.45, 7) is 4.21. The van der Waals surface area contributed by atoms with Crippen LogP contribution in [0.2, 0.25) is 0 Å². The molecule has 134 valence electrons. The lowest BCUT2D eigenvalue weighted by Crippen LogP contribution is -1.96. The Labute approximate surface area is 157 Å². The van der Waals surface area contributed by atoms with E-state index in [0.717, 1.165) is 22.5 Å². The average Bonchev–Trinajstić information content (AvgIpc) is 2.98. The summed E-state index contributed by atoms with van der Waals surface area (Å²) in [5, 5.41) is 9.25. The minimum atomic E-state index is -0.945. The summed E-state index contributed by atoms with van der Waals surface area (Å²) in [6, 6.07) is 19.7. The van der Waals surface area contributed by atoms with Crippen LogP contribution in [0.5, 0.6) is 0 Å². The molecule has 4 nitrogen and oxygen atoms in total. The number of aromatic nitrogens is 2. The number of carbonyl (C=O) groups is 1. The summed E-state index contributed by atoms with van der Waals surface area (Å²) in [7, 11) is 1.96. The molecule has 4 rings (SSSR count). The minimum absolute atomic E-state index is 0.245. The number of carboxylic acids is 1. The molecule has 0 bridgehead atoms. The number of hydrogen-bond acceptors (Lipinski definition) is 2. The Balaban J connectivity index is 1.94. The number of aromatic carboxylic acids is 1. The van der Waals surface area contributed by atoms with Gasteiger partial charge in [-0.1, -0.05) is 48.0 Å². The molecule has 0 aliphatic carbocycles. The van der Waals surface area contributed by atoms with Gasteiger partial charge in [-0.15, -0.1) is 0 Å². The molecule has 0 saturated carbocycles. The highest BCUT2D eigenvalue weighted by atomic mass is 16.4. The van der Waals surface area contributed by atoms with Crippen LogP contribution in [0.15, 0.2) is 60.7 Å². The first-order valence-electron chi connectivity index (χ1n) is 8.82. The van der Waals surface area contributed by atoms with Gasteiger partial charge in [0.2, 0.25) is 0 Å². The first kappa shape index (κ1) is 17.0. The van der Waals surface area contributed by atoms with Crippen molar-refractivity contribution in [2.75, 3.05) is 0 Å². The van der Waals surface area contributed by atoms with Gasteiger partial charge >= 0.3 is 5.97 Å². The number of hydrogen-bond donors (Lipinski definition) is 1. The molecule has 0 fully saturated rings. The van der Waals surface area contributed by atoms with E-state index in [-0.39, 0.29) is 5.56 Å². The fourth-order valence-electron chi connectivity index (χ4n) is 3.60. The second kappa shape index (κ2) is 6.40. The van der Waals surface area contributed by atoms with Crippen LogP contribution < -0.4 is 0 Å². The quantitative estimate of drug-likeness (QED) is 0.547. The Bertz CT molecular complexity index is 1190. The van der Waals surface area contributed by atoms with E-state index in [9.17, 15) is 9.90 Å². The van der Waals surface area contributed by atoms with Crippen molar-refractivity contribution < 1.29 is 9.90 Å². The molecule has 3 aromatic carbocycles. The maximum Gasteiger partial charge on any atom is 0.335 e. The third-order valence-electron chi connectivity index (χ3n) is 4.97. The highest BCUT2D eigenvalue weighted by Gasteiger charge is 2.16. The van der Waals surface area contributed by atoms with E-state index in [1.165, 1.54) is 16.7 Å². The number of rotatable bonds is 3. The number of carboxylic acid groups (broad SMARTS) is 1. The first-order valence-corrected chi connectivity index (χ1v) is 8.82. The lowest BCUT2D eigenvalue weighted by Gasteiger charge is -2.13. The number of imidazole rings is 1. The van der Waals surface area contributed by atoms with Crippen LogP contribution in [0.3, 0.4) is 0 Å². The molecule has 0 aliphatic rings. The van der Waals surface area contributed by atoms with Crippen LogP contribution in [0.25, 0.3) is 33.5 Å². The van der Waals surface area contributed by atoms with Crippen LogP contribution >= 0.6 is 0 Å². The van der Waals surface area contributed by atoms with E-state index >= 15 is 0 Å². The summed E-state index contributed by atoms with van der Waals surface area (Å²) >= 11 is 0. The van der Waals surface area contributed by atoms with Crippen LogP contribution in [-0.4, -0.2) is 20.6 Å². The Morgan fingerprint density at radius 2 is 1.67 bits per heavy atom. The second-order valence-electron chi connectivity index (χ2n) is 6.87. The molecule has 0 atom stereocenters. The van der Waals surface area contributed by atoms with Gasteiger partial charge in [0.1, 0.15) is 5.82 Å². The lowest BCUT2D eigenvalue weighted by atomic mass is 9.94. The van der Waals surface area contributed by atoms with Crippen molar-refractivity contribution >= 4 is 17.0 Å². The molecule has 27 heavy (non-hydrogen) atoms. The van der Waals surface area contributed by atoms with Gasteiger partial charge in [-0.2, -0.15) is 0 Å². The van der Waals surface area contributed by atoms with Gasteiger partial charge in [-0.25, -0.2) is 9.78 Å². The topological polar surface area (TPSA) is 55.1 Å². The molecule has 4 heteroatoms.